The van der Waals surface area contributed by atoms with Crippen molar-refractivity contribution >= 4 is 23.9 Å². The number of carboxylic acids is 4. The van der Waals surface area contributed by atoms with E-state index < -0.39 is 23.9 Å². The third-order valence-electron chi connectivity index (χ3n) is 5.56. The summed E-state index contributed by atoms with van der Waals surface area (Å²) in [5.41, 5.74) is 1.31. The maximum absolute atomic E-state index is 9.76. The molecule has 2 rings (SSSR count). The van der Waals surface area contributed by atoms with Gasteiger partial charge in [0.25, 0.3) is 0 Å². The van der Waals surface area contributed by atoms with Gasteiger partial charge in [-0.1, -0.05) is 79.1 Å². The molecule has 0 spiro atoms. The Bertz CT molecular complexity index is 1000. The predicted octanol–water partition coefficient (Wildman–Crippen LogP) is 3.17. The maximum Gasteiger partial charge on any atom is 2.00 e. The van der Waals surface area contributed by atoms with Gasteiger partial charge in [-0.3, -0.25) is 9.97 Å². The molecular weight excluding hydrogens is 744 g/mol. The van der Waals surface area contributed by atoms with Crippen LogP contribution in [0.25, 0.3) is 0 Å². The minimum absolute atomic E-state index is 0. The van der Waals surface area contributed by atoms with Crippen LogP contribution in [0, 0.1) is 22.7 Å². The van der Waals surface area contributed by atoms with E-state index in [0.717, 1.165) is 77.0 Å². The van der Waals surface area contributed by atoms with Crippen molar-refractivity contribution in [1.29, 1.82) is 10.5 Å². The van der Waals surface area contributed by atoms with E-state index in [2.05, 4.69) is 9.97 Å². The number of hydrogen-bond acceptors (Lipinski definition) is 12. The maximum atomic E-state index is 9.76. The number of aliphatic carboxylic acids is 4. The zero-order valence-corrected chi connectivity index (χ0v) is 31.5. The topological polar surface area (TPSA) is 234 Å². The van der Waals surface area contributed by atoms with E-state index in [0.29, 0.717) is 11.1 Å². The van der Waals surface area contributed by atoms with Crippen molar-refractivity contribution in [2.75, 3.05) is 0 Å². The number of aromatic nitrogens is 2. The largest absolute Gasteiger partial charge is 2.00 e. The molecule has 0 N–H and O–H groups in total. The second-order valence-electron chi connectivity index (χ2n) is 10.0. The predicted molar refractivity (Wildman–Crippen MR) is 174 cm³/mol. The fraction of sp³-hybridized carbons (Fsp3) is 0.556. The van der Waals surface area contributed by atoms with Gasteiger partial charge in [0.1, 0.15) is 0 Å². The van der Waals surface area contributed by atoms with Crippen molar-refractivity contribution in [3.05, 3.63) is 60.2 Å². The van der Waals surface area contributed by atoms with E-state index in [-0.39, 0.29) is 59.8 Å². The first-order chi connectivity index (χ1) is 22.9. The molecule has 50 heavy (non-hydrogen) atoms. The van der Waals surface area contributed by atoms with Gasteiger partial charge in [-0.05, 0) is 75.6 Å². The zero-order chi connectivity index (χ0) is 37.3. The molecule has 0 saturated carbocycles. The summed E-state index contributed by atoms with van der Waals surface area (Å²) in [5, 5.41) is 55.6. The fourth-order valence-corrected chi connectivity index (χ4v) is 2.93. The minimum atomic E-state index is -0.932. The number of carboxylic acid groups (broad SMARTS) is 4. The van der Waals surface area contributed by atoms with Crippen molar-refractivity contribution in [3.63, 3.8) is 0 Å². The standard InChI is InChI=1S/2C6H4N2.4C6H12O2.2Cu/c2*7-5-6-1-3-8-4-2-6;4*1-2-3-4-5-6(7)8;;/h2*1-4H;4*2-5H2,1H3,(H,7,8);;/q;;;;;;2*+2/p-4. The molecule has 0 bridgehead atoms. The van der Waals surface area contributed by atoms with Crippen LogP contribution < -0.4 is 20.4 Å². The van der Waals surface area contributed by atoms with Crippen molar-refractivity contribution in [1.82, 2.24) is 9.97 Å². The van der Waals surface area contributed by atoms with E-state index in [9.17, 15) is 39.6 Å². The van der Waals surface area contributed by atoms with Crippen molar-refractivity contribution in [3.8, 4) is 12.1 Å². The summed E-state index contributed by atoms with van der Waals surface area (Å²) in [6, 6.07) is 10.6. The second kappa shape index (κ2) is 49.6. The summed E-state index contributed by atoms with van der Waals surface area (Å²) in [7, 11) is 0. The zero-order valence-electron chi connectivity index (χ0n) is 29.6. The molecule has 0 unspecified atom stereocenters. The van der Waals surface area contributed by atoms with Crippen LogP contribution in [0.1, 0.15) is 142 Å². The first-order valence-corrected chi connectivity index (χ1v) is 16.3. The number of carbonyl (C=O) groups is 4. The van der Waals surface area contributed by atoms with E-state index in [4.69, 9.17) is 10.5 Å². The van der Waals surface area contributed by atoms with E-state index >= 15 is 0 Å². The Morgan fingerprint density at radius 1 is 0.480 bits per heavy atom. The molecule has 14 heteroatoms. The van der Waals surface area contributed by atoms with Gasteiger partial charge < -0.3 is 39.6 Å². The van der Waals surface area contributed by atoms with Crippen LogP contribution in [0.4, 0.5) is 0 Å². The molecule has 0 aliphatic carbocycles. The Labute approximate surface area is 319 Å². The molecular formula is C36H52Cu2N4O8. The minimum Gasteiger partial charge on any atom is -0.550 e. The van der Waals surface area contributed by atoms with Gasteiger partial charge in [0.15, 0.2) is 0 Å². The number of rotatable bonds is 16. The number of pyridine rings is 2. The summed E-state index contributed by atoms with van der Waals surface area (Å²) in [6.45, 7) is 8.15. The van der Waals surface area contributed by atoms with Gasteiger partial charge >= 0.3 is 34.1 Å². The Morgan fingerprint density at radius 3 is 0.800 bits per heavy atom. The third kappa shape index (κ3) is 62.9. The third-order valence-corrected chi connectivity index (χ3v) is 5.56. The molecule has 2 heterocycles. The summed E-state index contributed by atoms with van der Waals surface area (Å²) in [5.74, 6) is -3.73. The smallest absolute Gasteiger partial charge is 0.550 e. The van der Waals surface area contributed by atoms with Crippen LogP contribution in [0.5, 0.6) is 0 Å². The molecule has 0 aliphatic heterocycles. The van der Waals surface area contributed by atoms with E-state index in [1.807, 2.05) is 39.8 Å². The van der Waals surface area contributed by atoms with Gasteiger partial charge in [-0.2, -0.15) is 10.5 Å². The Kier molecular flexibility index (Phi) is 57.9. The molecule has 0 fully saturated rings. The van der Waals surface area contributed by atoms with Crippen molar-refractivity contribution in [2.45, 2.75) is 130 Å². The number of nitrogens with zero attached hydrogens (tertiary/aromatic N) is 4. The average Bonchev–Trinajstić information content (AvgIpc) is 3.07. The molecule has 0 amide bonds. The van der Waals surface area contributed by atoms with Gasteiger partial charge in [-0.25, -0.2) is 0 Å². The Morgan fingerprint density at radius 2 is 0.680 bits per heavy atom. The van der Waals surface area contributed by atoms with Gasteiger partial charge in [0.05, 0.1) is 23.3 Å². The van der Waals surface area contributed by atoms with Gasteiger partial charge in [0, 0.05) is 48.7 Å². The number of carbonyl (C=O) groups excluding carboxylic acids is 4. The first-order valence-electron chi connectivity index (χ1n) is 16.3. The summed E-state index contributed by atoms with van der Waals surface area (Å²) in [6.07, 6.45) is 18.5. The molecule has 2 aromatic heterocycles. The summed E-state index contributed by atoms with van der Waals surface area (Å²) in [4.78, 5) is 46.5. The van der Waals surface area contributed by atoms with Crippen LogP contribution in [-0.4, -0.2) is 33.8 Å². The quantitative estimate of drug-likeness (QED) is 0.176. The molecule has 0 atom stereocenters. The van der Waals surface area contributed by atoms with Crippen LogP contribution in [0.15, 0.2) is 49.1 Å². The fourth-order valence-electron chi connectivity index (χ4n) is 2.93. The number of nitriles is 2. The molecule has 2 aromatic rings. The monoisotopic (exact) mass is 794 g/mol. The molecule has 0 aliphatic rings. The summed E-state index contributed by atoms with van der Waals surface area (Å²) >= 11 is 0. The van der Waals surface area contributed by atoms with Gasteiger partial charge in [0.2, 0.25) is 0 Å². The molecule has 0 aromatic carbocycles. The number of hydrogen-bond donors (Lipinski definition) is 0. The molecule has 12 nitrogen and oxygen atoms in total. The van der Waals surface area contributed by atoms with Crippen molar-refractivity contribution in [2.24, 2.45) is 0 Å². The first kappa shape index (κ1) is 58.4. The second-order valence-corrected chi connectivity index (χ2v) is 10.0. The molecule has 2 radical (unpaired) electrons. The van der Waals surface area contributed by atoms with E-state index in [1.54, 1.807) is 49.1 Å². The van der Waals surface area contributed by atoms with Crippen LogP contribution in [0.2, 0.25) is 0 Å². The van der Waals surface area contributed by atoms with Crippen LogP contribution in [-0.2, 0) is 53.3 Å². The SMILES string of the molecule is CCCCCC(=O)[O-].CCCCCC(=O)[O-].CCCCCC(=O)[O-].CCCCCC(=O)[O-].N#Cc1ccncc1.N#Cc1ccncc1.[Cu+2].[Cu+2]. The normalized spacial score (nSPS) is 8.36. The molecule has 0 saturated heterocycles. The van der Waals surface area contributed by atoms with Gasteiger partial charge in [-0.15, -0.1) is 0 Å². The van der Waals surface area contributed by atoms with Crippen LogP contribution in [0.3, 0.4) is 0 Å². The van der Waals surface area contributed by atoms with E-state index in [1.165, 1.54) is 0 Å². The molecule has 286 valence electrons. The summed E-state index contributed by atoms with van der Waals surface area (Å²) < 4.78 is 0. The Balaban J connectivity index is -0.000000115. The average molecular weight is 796 g/mol. The number of unbranched alkanes of at least 4 members (excludes halogenated alkanes) is 8. The van der Waals surface area contributed by atoms with Crippen molar-refractivity contribution < 1.29 is 73.7 Å². The Hall–Kier alpha value is -3.80. The van der Waals surface area contributed by atoms with Crippen LogP contribution >= 0.6 is 0 Å².